The number of nitrogens with one attached hydrogen (secondary N) is 3. The number of ether oxygens (including phenoxy) is 2. The summed E-state index contributed by atoms with van der Waals surface area (Å²) in [5.74, 6) is 0.116. The number of benzene rings is 2. The normalized spacial score (nSPS) is 9.41. The molecule has 3 N–H and O–H groups in total. The first-order valence-corrected chi connectivity index (χ1v) is 10.7. The monoisotopic (exact) mass is 463 g/mol. The zero-order chi connectivity index (χ0) is 24.7. The van der Waals surface area contributed by atoms with Crippen molar-refractivity contribution >= 4 is 29.3 Å². The van der Waals surface area contributed by atoms with Gasteiger partial charge in [-0.25, -0.2) is 0 Å². The quantitative estimate of drug-likeness (QED) is 0.430. The predicted molar refractivity (Wildman–Crippen MR) is 130 cm³/mol. The van der Waals surface area contributed by atoms with Crippen molar-refractivity contribution in [3.8, 4) is 5.75 Å². The summed E-state index contributed by atoms with van der Waals surface area (Å²) in [7, 11) is 3.01. The van der Waals surface area contributed by atoms with E-state index in [0.29, 0.717) is 16.3 Å². The van der Waals surface area contributed by atoms with Gasteiger partial charge in [-0.3, -0.25) is 15.0 Å². The van der Waals surface area contributed by atoms with E-state index in [1.807, 2.05) is 58.9 Å². The molecular formula is C24H34ClN3O4. The highest BCUT2D eigenvalue weighted by Crippen LogP contribution is 2.26. The zero-order valence-electron chi connectivity index (χ0n) is 19.8. The van der Waals surface area contributed by atoms with Gasteiger partial charge in [-0.15, -0.1) is 0 Å². The maximum Gasteiger partial charge on any atom is 0.251 e. The molecule has 0 unspecified atom stereocenters. The Labute approximate surface area is 196 Å². The first-order valence-electron chi connectivity index (χ1n) is 10.3. The summed E-state index contributed by atoms with van der Waals surface area (Å²) < 4.78 is 10.2. The number of carbonyl (C=O) groups is 2. The third kappa shape index (κ3) is 10.8. The highest BCUT2D eigenvalue weighted by molar-refractivity contribution is 6.32. The molecule has 0 aliphatic heterocycles. The molecule has 0 heterocycles. The van der Waals surface area contributed by atoms with E-state index in [1.54, 1.807) is 12.1 Å². The molecule has 2 amide bonds. The largest absolute Gasteiger partial charge is 0.489 e. The molecule has 0 aliphatic carbocycles. The predicted octanol–water partition coefficient (Wildman–Crippen LogP) is 4.60. The summed E-state index contributed by atoms with van der Waals surface area (Å²) in [5.41, 5.74) is 2.39. The molecule has 0 atom stereocenters. The molecule has 8 heteroatoms. The maximum atomic E-state index is 11.8. The van der Waals surface area contributed by atoms with Crippen LogP contribution in [0.4, 0.5) is 0 Å². The van der Waals surface area contributed by atoms with E-state index in [2.05, 4.69) is 10.6 Å². The van der Waals surface area contributed by atoms with Crippen LogP contribution in [0.3, 0.4) is 0 Å². The first-order chi connectivity index (χ1) is 15.2. The number of likely N-dealkylation sites (N-methyl/N-ethyl adjacent to an activating group) is 1. The van der Waals surface area contributed by atoms with E-state index >= 15 is 0 Å². The van der Waals surface area contributed by atoms with Crippen molar-refractivity contribution in [2.24, 2.45) is 0 Å². The Balaban J connectivity index is 0.000000626. The molecule has 0 saturated carbocycles. The third-order valence-corrected chi connectivity index (χ3v) is 4.06. The molecule has 2 aromatic carbocycles. The second-order valence-electron chi connectivity index (χ2n) is 6.57. The Kier molecular flexibility index (Phi) is 14.2. The van der Waals surface area contributed by atoms with Crippen LogP contribution in [-0.2, 0) is 9.53 Å². The van der Waals surface area contributed by atoms with Gasteiger partial charge in [-0.05, 0) is 51.1 Å². The lowest BCUT2D eigenvalue weighted by Crippen LogP contribution is -2.35. The molecule has 0 fully saturated rings. The highest BCUT2D eigenvalue weighted by Gasteiger charge is 2.11. The summed E-state index contributed by atoms with van der Waals surface area (Å²) in [4.78, 5) is 22.8. The van der Waals surface area contributed by atoms with Gasteiger partial charge in [0.2, 0.25) is 11.8 Å². The second-order valence-corrected chi connectivity index (χ2v) is 6.97. The van der Waals surface area contributed by atoms with Crippen molar-refractivity contribution in [3.05, 3.63) is 64.2 Å². The number of aryl methyl sites for hydroxylation is 1. The lowest BCUT2D eigenvalue weighted by molar-refractivity contribution is -0.119. The SMILES string of the molecule is CC.CNC(=O)CNC(=O)c1ccc(OC(C)C)c(Cl)c1.COC(=N)c1ccc(C)cc1. The summed E-state index contributed by atoms with van der Waals surface area (Å²) in [6.07, 6.45) is 0.00502. The Morgan fingerprint density at radius 3 is 2.09 bits per heavy atom. The van der Waals surface area contributed by atoms with Crippen molar-refractivity contribution in [3.63, 3.8) is 0 Å². The fourth-order valence-electron chi connectivity index (χ4n) is 2.17. The maximum absolute atomic E-state index is 11.8. The van der Waals surface area contributed by atoms with E-state index in [4.69, 9.17) is 26.5 Å². The van der Waals surface area contributed by atoms with Crippen molar-refractivity contribution in [2.75, 3.05) is 20.7 Å². The molecule has 0 spiro atoms. The van der Waals surface area contributed by atoms with Crippen molar-refractivity contribution < 1.29 is 19.1 Å². The van der Waals surface area contributed by atoms with Crippen LogP contribution in [0.15, 0.2) is 42.5 Å². The number of hydrogen-bond donors (Lipinski definition) is 3. The summed E-state index contributed by atoms with van der Waals surface area (Å²) in [5, 5.41) is 12.6. The number of carbonyl (C=O) groups excluding carboxylic acids is 2. The van der Waals surface area contributed by atoms with Gasteiger partial charge in [0.1, 0.15) is 5.75 Å². The van der Waals surface area contributed by atoms with Crippen molar-refractivity contribution in [1.29, 1.82) is 5.41 Å². The fourth-order valence-corrected chi connectivity index (χ4v) is 2.39. The van der Waals surface area contributed by atoms with E-state index in [1.165, 1.54) is 25.8 Å². The van der Waals surface area contributed by atoms with Gasteiger partial charge in [-0.1, -0.05) is 43.1 Å². The molecule has 2 rings (SSSR count). The minimum Gasteiger partial charge on any atom is -0.489 e. The van der Waals surface area contributed by atoms with Crippen LogP contribution in [0.5, 0.6) is 5.75 Å². The summed E-state index contributed by atoms with van der Waals surface area (Å²) in [6.45, 7) is 9.72. The van der Waals surface area contributed by atoms with Crippen LogP contribution in [0, 0.1) is 12.3 Å². The van der Waals surface area contributed by atoms with Crippen molar-refractivity contribution in [1.82, 2.24) is 10.6 Å². The van der Waals surface area contributed by atoms with Gasteiger partial charge in [0.25, 0.3) is 5.91 Å². The number of amides is 2. The van der Waals surface area contributed by atoms with Crippen LogP contribution < -0.4 is 15.4 Å². The van der Waals surface area contributed by atoms with E-state index in [0.717, 1.165) is 5.56 Å². The van der Waals surface area contributed by atoms with Gasteiger partial charge >= 0.3 is 0 Å². The molecule has 0 radical (unpaired) electrons. The molecule has 0 aromatic heterocycles. The molecule has 32 heavy (non-hydrogen) atoms. The lowest BCUT2D eigenvalue weighted by atomic mass is 10.1. The van der Waals surface area contributed by atoms with Crippen LogP contribution in [-0.4, -0.2) is 44.5 Å². The van der Waals surface area contributed by atoms with Gasteiger partial charge in [-0.2, -0.15) is 0 Å². The average molecular weight is 464 g/mol. The van der Waals surface area contributed by atoms with E-state index < -0.39 is 0 Å². The molecule has 176 valence electrons. The standard InChI is InChI=1S/C13H17ClN2O3.C9H11NO.C2H6/c1-8(2)19-11-5-4-9(6-10(11)14)13(18)16-7-12(17)15-3;1-7-3-5-8(6-4-7)9(10)11-2;1-2/h4-6,8H,7H2,1-3H3,(H,15,17)(H,16,18);3-6,10H,1-2H3;1-2H3. The van der Waals surface area contributed by atoms with E-state index in [9.17, 15) is 9.59 Å². The third-order valence-electron chi connectivity index (χ3n) is 3.76. The molecule has 0 bridgehead atoms. The Morgan fingerprint density at radius 1 is 1.06 bits per heavy atom. The van der Waals surface area contributed by atoms with Crippen LogP contribution in [0.25, 0.3) is 0 Å². The van der Waals surface area contributed by atoms with Crippen LogP contribution in [0.1, 0.15) is 49.2 Å². The molecule has 0 aliphatic rings. The van der Waals surface area contributed by atoms with Gasteiger partial charge in [0.05, 0.1) is 24.8 Å². The number of halogens is 1. The first kappa shape index (κ1) is 28.9. The molecule has 7 nitrogen and oxygen atoms in total. The Morgan fingerprint density at radius 2 is 1.62 bits per heavy atom. The highest BCUT2D eigenvalue weighted by atomic mass is 35.5. The van der Waals surface area contributed by atoms with E-state index in [-0.39, 0.29) is 30.4 Å². The average Bonchev–Trinajstić information content (AvgIpc) is 2.80. The molecule has 0 saturated heterocycles. The van der Waals surface area contributed by atoms with Crippen LogP contribution in [0.2, 0.25) is 5.02 Å². The molecular weight excluding hydrogens is 430 g/mol. The second kappa shape index (κ2) is 15.7. The van der Waals surface area contributed by atoms with Gasteiger partial charge < -0.3 is 20.1 Å². The van der Waals surface area contributed by atoms with Gasteiger partial charge in [0, 0.05) is 18.2 Å². The molecule has 2 aromatic rings. The minimum atomic E-state index is -0.360. The fraction of sp³-hybridized carbons (Fsp3) is 0.375. The summed E-state index contributed by atoms with van der Waals surface area (Å²) in [6, 6.07) is 12.4. The van der Waals surface area contributed by atoms with Crippen molar-refractivity contribution in [2.45, 2.75) is 40.7 Å². The number of methoxy groups -OCH3 is 1. The topological polar surface area (TPSA) is 101 Å². The summed E-state index contributed by atoms with van der Waals surface area (Å²) >= 11 is 6.02. The van der Waals surface area contributed by atoms with Crippen LogP contribution >= 0.6 is 11.6 Å². The minimum absolute atomic E-state index is 0.00502. The van der Waals surface area contributed by atoms with Gasteiger partial charge in [0.15, 0.2) is 0 Å². The smallest absolute Gasteiger partial charge is 0.251 e. The zero-order valence-corrected chi connectivity index (χ0v) is 20.6. The lowest BCUT2D eigenvalue weighted by Gasteiger charge is -2.12. The Bertz CT molecular complexity index is 868. The number of hydrogen-bond acceptors (Lipinski definition) is 5. The Hall–Kier alpha value is -3.06. The number of rotatable bonds is 6.